The molecule has 194 valence electrons. The molecule has 37 heavy (non-hydrogen) atoms. The largest absolute Gasteiger partial charge is 0.489 e. The Kier molecular flexibility index (Phi) is 6.76. The van der Waals surface area contributed by atoms with E-state index in [9.17, 15) is 5.11 Å². The summed E-state index contributed by atoms with van der Waals surface area (Å²) < 4.78 is 8.56. The number of aliphatic hydroxyl groups excluding tert-OH is 1. The van der Waals surface area contributed by atoms with Crippen molar-refractivity contribution in [3.8, 4) is 16.9 Å². The van der Waals surface area contributed by atoms with Crippen molar-refractivity contribution >= 4 is 12.2 Å². The third-order valence-electron chi connectivity index (χ3n) is 8.27. The van der Waals surface area contributed by atoms with E-state index < -0.39 is 0 Å². The molecule has 0 spiro atoms. The minimum Gasteiger partial charge on any atom is -0.489 e. The molecule has 2 aliphatic heterocycles. The van der Waals surface area contributed by atoms with E-state index >= 15 is 0 Å². The molecule has 1 saturated heterocycles. The first-order valence-electron chi connectivity index (χ1n) is 13.5. The Hall–Kier alpha value is -3.13. The lowest BCUT2D eigenvalue weighted by Crippen LogP contribution is -2.41. The highest BCUT2D eigenvalue weighted by atomic mass is 16.5. The molecular weight excluding hydrogens is 462 g/mol. The average Bonchev–Trinajstić information content (AvgIpc) is 3.53. The second-order valence-electron chi connectivity index (χ2n) is 10.8. The molecule has 0 amide bonds. The number of hydrogen-bond donors (Lipinski definition) is 2. The second-order valence-corrected chi connectivity index (χ2v) is 10.8. The van der Waals surface area contributed by atoms with E-state index in [1.54, 1.807) is 0 Å². The van der Waals surface area contributed by atoms with Gasteiger partial charge in [0, 0.05) is 43.0 Å². The third kappa shape index (κ3) is 4.79. The van der Waals surface area contributed by atoms with Gasteiger partial charge in [-0.15, -0.1) is 0 Å². The van der Waals surface area contributed by atoms with Crippen LogP contribution in [0.1, 0.15) is 49.0 Å². The molecule has 3 aromatic rings. The summed E-state index contributed by atoms with van der Waals surface area (Å²) in [6.07, 6.45) is 8.36. The fraction of sp³-hybridized carbons (Fsp3) is 0.433. The van der Waals surface area contributed by atoms with Gasteiger partial charge in [-0.05, 0) is 61.4 Å². The van der Waals surface area contributed by atoms with Crippen molar-refractivity contribution in [3.63, 3.8) is 0 Å². The summed E-state index contributed by atoms with van der Waals surface area (Å²) in [6, 6.07) is 19.3. The van der Waals surface area contributed by atoms with Gasteiger partial charge in [0.15, 0.2) is 0 Å². The van der Waals surface area contributed by atoms with Crippen LogP contribution in [-0.2, 0) is 6.61 Å². The second kappa shape index (κ2) is 10.3. The predicted molar refractivity (Wildman–Crippen MR) is 148 cm³/mol. The standard InChI is InChI=1S/C30H37N5O2/c1-33-20-32-29(31)28-27(23-9-5-11-26(15-23)37-19-21-7-3-2-4-8-21)17-35(30(28)33)25-13-22(14-25)16-34-12-6-10-24(34)18-36/h2-5,7-9,11,15,17,20,22,24-25,29,36H,6,10,12-14,16,18-19,31H2,1H3/t22?,24?,25?,29-/m1/s1. The molecule has 0 radical (unpaired) electrons. The summed E-state index contributed by atoms with van der Waals surface area (Å²) in [5, 5.41) is 9.69. The molecule has 2 atom stereocenters. The Bertz CT molecular complexity index is 1250. The van der Waals surface area contributed by atoms with E-state index in [-0.39, 0.29) is 12.8 Å². The van der Waals surface area contributed by atoms with E-state index in [1.807, 2.05) is 36.7 Å². The smallest absolute Gasteiger partial charge is 0.129 e. The molecule has 1 unspecified atom stereocenters. The van der Waals surface area contributed by atoms with Crippen molar-refractivity contribution in [1.29, 1.82) is 0 Å². The van der Waals surface area contributed by atoms with Gasteiger partial charge in [-0.2, -0.15) is 0 Å². The topological polar surface area (TPSA) is 79.2 Å². The SMILES string of the molecule is CN1C=N[C@@H](N)c2c(-c3cccc(OCc4ccccc4)c3)cn(C3CC(CN4CCCC4CO)C3)c21. The van der Waals surface area contributed by atoms with Crippen LogP contribution in [0.25, 0.3) is 11.1 Å². The predicted octanol–water partition coefficient (Wildman–Crippen LogP) is 4.58. The number of rotatable bonds is 8. The molecule has 6 rings (SSSR count). The highest BCUT2D eigenvalue weighted by Crippen LogP contribution is 2.47. The number of aromatic nitrogens is 1. The maximum absolute atomic E-state index is 9.69. The minimum atomic E-state index is -0.387. The first kappa shape index (κ1) is 24.2. The van der Waals surface area contributed by atoms with Gasteiger partial charge in [0.1, 0.15) is 24.3 Å². The van der Waals surface area contributed by atoms with E-state index in [0.29, 0.717) is 24.6 Å². The van der Waals surface area contributed by atoms with Crippen LogP contribution < -0.4 is 15.4 Å². The molecule has 3 heterocycles. The quantitative estimate of drug-likeness (QED) is 0.474. The van der Waals surface area contributed by atoms with Gasteiger partial charge in [-0.25, -0.2) is 0 Å². The Morgan fingerprint density at radius 1 is 1.11 bits per heavy atom. The van der Waals surface area contributed by atoms with Crippen LogP contribution in [0.15, 0.2) is 65.8 Å². The number of aliphatic hydroxyl groups is 1. The van der Waals surface area contributed by atoms with Crippen LogP contribution in [0.2, 0.25) is 0 Å². The van der Waals surface area contributed by atoms with Gasteiger partial charge in [0.05, 0.1) is 12.9 Å². The molecule has 1 saturated carbocycles. The van der Waals surface area contributed by atoms with Crippen LogP contribution in [0.5, 0.6) is 5.75 Å². The van der Waals surface area contributed by atoms with Crippen molar-refractivity contribution in [3.05, 3.63) is 71.9 Å². The summed E-state index contributed by atoms with van der Waals surface area (Å²) in [5.74, 6) is 2.66. The first-order valence-corrected chi connectivity index (χ1v) is 13.5. The molecule has 3 aliphatic rings. The number of nitrogens with two attached hydrogens (primary N) is 1. The van der Waals surface area contributed by atoms with Crippen molar-refractivity contribution in [2.24, 2.45) is 16.6 Å². The lowest BCUT2D eigenvalue weighted by Gasteiger charge is -2.41. The van der Waals surface area contributed by atoms with Crippen LogP contribution in [0.3, 0.4) is 0 Å². The van der Waals surface area contributed by atoms with E-state index in [1.165, 1.54) is 6.42 Å². The van der Waals surface area contributed by atoms with Gasteiger partial charge in [0.25, 0.3) is 0 Å². The van der Waals surface area contributed by atoms with Crippen molar-refractivity contribution in [2.45, 2.75) is 50.5 Å². The third-order valence-corrected chi connectivity index (χ3v) is 8.27. The lowest BCUT2D eigenvalue weighted by molar-refractivity contribution is 0.0963. The maximum atomic E-state index is 9.69. The van der Waals surface area contributed by atoms with E-state index in [0.717, 1.165) is 66.2 Å². The number of benzene rings is 2. The molecule has 2 fully saturated rings. The Labute approximate surface area is 219 Å². The number of ether oxygens (including phenoxy) is 1. The van der Waals surface area contributed by atoms with Gasteiger partial charge in [0.2, 0.25) is 0 Å². The molecule has 7 nitrogen and oxygen atoms in total. The summed E-state index contributed by atoms with van der Waals surface area (Å²) in [4.78, 5) is 9.16. The van der Waals surface area contributed by atoms with Gasteiger partial charge >= 0.3 is 0 Å². The van der Waals surface area contributed by atoms with Gasteiger partial charge in [-0.3, -0.25) is 9.89 Å². The molecule has 7 heteroatoms. The first-order chi connectivity index (χ1) is 18.1. The summed E-state index contributed by atoms with van der Waals surface area (Å²) in [5.41, 5.74) is 11.0. The average molecular weight is 500 g/mol. The number of aliphatic imine (C=N–C) groups is 1. The normalized spacial score (nSPS) is 25.2. The highest BCUT2D eigenvalue weighted by Gasteiger charge is 2.38. The summed E-state index contributed by atoms with van der Waals surface area (Å²) >= 11 is 0. The lowest BCUT2D eigenvalue weighted by atomic mass is 9.79. The van der Waals surface area contributed by atoms with Crippen molar-refractivity contribution < 1.29 is 9.84 Å². The zero-order valence-electron chi connectivity index (χ0n) is 21.5. The molecule has 0 bridgehead atoms. The monoisotopic (exact) mass is 499 g/mol. The zero-order valence-corrected chi connectivity index (χ0v) is 21.5. The number of fused-ring (bicyclic) bond motifs is 1. The van der Waals surface area contributed by atoms with Crippen LogP contribution >= 0.6 is 0 Å². The highest BCUT2D eigenvalue weighted by molar-refractivity contribution is 5.87. The van der Waals surface area contributed by atoms with Gasteiger partial charge in [-0.1, -0.05) is 42.5 Å². The van der Waals surface area contributed by atoms with E-state index in [2.05, 4.69) is 56.9 Å². The van der Waals surface area contributed by atoms with Crippen LogP contribution in [-0.4, -0.2) is 53.7 Å². The fourth-order valence-corrected chi connectivity index (χ4v) is 6.25. The maximum Gasteiger partial charge on any atom is 0.129 e. The van der Waals surface area contributed by atoms with Crippen LogP contribution in [0.4, 0.5) is 5.82 Å². The number of nitrogens with zero attached hydrogens (tertiary/aromatic N) is 4. The minimum absolute atomic E-state index is 0.279. The summed E-state index contributed by atoms with van der Waals surface area (Å²) in [7, 11) is 2.06. The molecule has 1 aromatic heterocycles. The van der Waals surface area contributed by atoms with Crippen molar-refractivity contribution in [1.82, 2.24) is 9.47 Å². The zero-order chi connectivity index (χ0) is 25.4. The Balaban J connectivity index is 1.23. The van der Waals surface area contributed by atoms with Crippen LogP contribution in [0, 0.1) is 5.92 Å². The number of anilines is 1. The molecular formula is C30H37N5O2. The van der Waals surface area contributed by atoms with E-state index in [4.69, 9.17) is 10.5 Å². The Morgan fingerprint density at radius 3 is 2.76 bits per heavy atom. The number of hydrogen-bond acceptors (Lipinski definition) is 6. The number of likely N-dealkylation sites (tertiary alicyclic amines) is 1. The fourth-order valence-electron chi connectivity index (χ4n) is 6.25. The molecule has 2 aromatic carbocycles. The summed E-state index contributed by atoms with van der Waals surface area (Å²) in [6.45, 7) is 3.02. The Morgan fingerprint density at radius 2 is 1.95 bits per heavy atom. The van der Waals surface area contributed by atoms with Crippen molar-refractivity contribution in [2.75, 3.05) is 31.6 Å². The van der Waals surface area contributed by atoms with Gasteiger partial charge < -0.3 is 25.0 Å². The molecule has 3 N–H and O–H groups in total. The molecule has 1 aliphatic carbocycles.